The van der Waals surface area contributed by atoms with Crippen LogP contribution in [0.3, 0.4) is 0 Å². The van der Waals surface area contributed by atoms with E-state index in [1.54, 1.807) is 0 Å². The molecule has 0 radical (unpaired) electrons. The third kappa shape index (κ3) is 2.57. The van der Waals surface area contributed by atoms with Crippen molar-refractivity contribution in [2.75, 3.05) is 0 Å². The molecule has 2 rings (SSSR count). The van der Waals surface area contributed by atoms with Gasteiger partial charge in [0.1, 0.15) is 11.6 Å². The van der Waals surface area contributed by atoms with Crippen molar-refractivity contribution in [3.63, 3.8) is 0 Å². The van der Waals surface area contributed by atoms with Crippen molar-refractivity contribution < 1.29 is 9.59 Å². The number of Topliss-reactive ketones (excluding diaryl/α,β-unsaturated/α-hetero) is 2. The number of rotatable bonds is 1. The Hall–Kier alpha value is -1.44. The molecule has 1 aromatic rings. The summed E-state index contributed by atoms with van der Waals surface area (Å²) < 4.78 is 0. The molecule has 0 aliphatic heterocycles. The largest absolute Gasteiger partial charge is 0.299 e. The monoisotopic (exact) mass is 218 g/mol. The van der Waals surface area contributed by atoms with E-state index in [9.17, 15) is 9.59 Å². The summed E-state index contributed by atoms with van der Waals surface area (Å²) in [6, 6.07) is 7.78. The molecule has 1 aliphatic rings. The lowest BCUT2D eigenvalue weighted by atomic mass is 9.93. The molecule has 2 nitrogen and oxygen atoms in total. The standard InChI is InChI=1S/C12H12O2.C2H6/c1-8-4-2-3-5-10(8)11-6-9(13)7-12(11)14;1-2/h2-5,11H,6-7H2,1H3;1-2H3. The van der Waals surface area contributed by atoms with Crippen LogP contribution >= 0.6 is 0 Å². The smallest absolute Gasteiger partial charge is 0.148 e. The van der Waals surface area contributed by atoms with Crippen LogP contribution in [0.4, 0.5) is 0 Å². The zero-order valence-electron chi connectivity index (χ0n) is 10.1. The fraction of sp³-hybridized carbons (Fsp3) is 0.429. The van der Waals surface area contributed by atoms with E-state index >= 15 is 0 Å². The highest BCUT2D eigenvalue weighted by Crippen LogP contribution is 2.30. The van der Waals surface area contributed by atoms with Gasteiger partial charge >= 0.3 is 0 Å². The van der Waals surface area contributed by atoms with Gasteiger partial charge in [0.25, 0.3) is 0 Å². The molecular weight excluding hydrogens is 200 g/mol. The first-order valence-electron chi connectivity index (χ1n) is 5.78. The molecule has 0 amide bonds. The van der Waals surface area contributed by atoms with Crippen LogP contribution in [-0.2, 0) is 9.59 Å². The fourth-order valence-corrected chi connectivity index (χ4v) is 1.99. The van der Waals surface area contributed by atoms with Crippen molar-refractivity contribution in [3.8, 4) is 0 Å². The summed E-state index contributed by atoms with van der Waals surface area (Å²) in [6.45, 7) is 5.98. The van der Waals surface area contributed by atoms with Gasteiger partial charge in [-0.2, -0.15) is 0 Å². The van der Waals surface area contributed by atoms with Crippen LogP contribution in [-0.4, -0.2) is 11.6 Å². The maximum Gasteiger partial charge on any atom is 0.148 e. The average molecular weight is 218 g/mol. The zero-order valence-corrected chi connectivity index (χ0v) is 10.1. The molecule has 0 bridgehead atoms. The second-order valence-electron chi connectivity index (χ2n) is 3.80. The minimum absolute atomic E-state index is 0.0725. The molecular formula is C14H18O2. The van der Waals surface area contributed by atoms with Crippen molar-refractivity contribution >= 4 is 11.6 Å². The second-order valence-corrected chi connectivity index (χ2v) is 3.80. The van der Waals surface area contributed by atoms with E-state index in [2.05, 4.69) is 0 Å². The number of carbonyl (C=O) groups is 2. The first-order chi connectivity index (χ1) is 7.68. The Morgan fingerprint density at radius 3 is 2.25 bits per heavy atom. The number of ketones is 2. The van der Waals surface area contributed by atoms with Gasteiger partial charge in [-0.1, -0.05) is 38.1 Å². The van der Waals surface area contributed by atoms with Gasteiger partial charge in [0.05, 0.1) is 12.3 Å². The zero-order chi connectivity index (χ0) is 12.1. The SMILES string of the molecule is CC.Cc1ccccc1C1CC(=O)CC1=O. The summed E-state index contributed by atoms with van der Waals surface area (Å²) in [4.78, 5) is 22.6. The van der Waals surface area contributed by atoms with E-state index in [1.807, 2.05) is 45.0 Å². The Kier molecular flexibility index (Phi) is 4.41. The predicted octanol–water partition coefficient (Wildman–Crippen LogP) is 3.04. The Bertz CT molecular complexity index is 393. The molecule has 1 saturated carbocycles. The van der Waals surface area contributed by atoms with Gasteiger partial charge in [0.2, 0.25) is 0 Å². The van der Waals surface area contributed by atoms with Crippen molar-refractivity contribution in [3.05, 3.63) is 35.4 Å². The normalized spacial score (nSPS) is 19.3. The van der Waals surface area contributed by atoms with Crippen LogP contribution in [0.1, 0.15) is 43.7 Å². The third-order valence-corrected chi connectivity index (χ3v) is 2.76. The van der Waals surface area contributed by atoms with E-state index in [-0.39, 0.29) is 23.9 Å². The maximum absolute atomic E-state index is 11.5. The third-order valence-electron chi connectivity index (χ3n) is 2.76. The van der Waals surface area contributed by atoms with E-state index in [4.69, 9.17) is 0 Å². The van der Waals surface area contributed by atoms with Crippen LogP contribution in [0.15, 0.2) is 24.3 Å². The van der Waals surface area contributed by atoms with Crippen molar-refractivity contribution in [2.45, 2.75) is 39.5 Å². The minimum atomic E-state index is -0.177. The Labute approximate surface area is 96.7 Å². The topological polar surface area (TPSA) is 34.1 Å². The Morgan fingerprint density at radius 1 is 1.12 bits per heavy atom. The number of aryl methyl sites for hydroxylation is 1. The van der Waals surface area contributed by atoms with Crippen LogP contribution in [0.2, 0.25) is 0 Å². The van der Waals surface area contributed by atoms with Crippen LogP contribution in [0.5, 0.6) is 0 Å². The second kappa shape index (κ2) is 5.59. The number of carbonyl (C=O) groups excluding carboxylic acids is 2. The predicted molar refractivity (Wildman–Crippen MR) is 64.5 cm³/mol. The van der Waals surface area contributed by atoms with Gasteiger partial charge in [-0.15, -0.1) is 0 Å². The van der Waals surface area contributed by atoms with Crippen molar-refractivity contribution in [2.24, 2.45) is 0 Å². The summed E-state index contributed by atoms with van der Waals surface area (Å²) in [5.41, 5.74) is 2.11. The van der Waals surface area contributed by atoms with Gasteiger partial charge in [0.15, 0.2) is 0 Å². The molecule has 2 heteroatoms. The molecule has 1 aromatic carbocycles. The van der Waals surface area contributed by atoms with Gasteiger partial charge in [0, 0.05) is 6.42 Å². The Morgan fingerprint density at radius 2 is 1.75 bits per heavy atom. The number of hydrogen-bond acceptors (Lipinski definition) is 2. The summed E-state index contributed by atoms with van der Waals surface area (Å²) >= 11 is 0. The molecule has 0 heterocycles. The highest BCUT2D eigenvalue weighted by atomic mass is 16.2. The number of hydrogen-bond donors (Lipinski definition) is 0. The van der Waals surface area contributed by atoms with Crippen LogP contribution < -0.4 is 0 Å². The van der Waals surface area contributed by atoms with Crippen LogP contribution in [0, 0.1) is 6.92 Å². The average Bonchev–Trinajstić information content (AvgIpc) is 2.61. The first-order valence-corrected chi connectivity index (χ1v) is 5.78. The molecule has 1 atom stereocenters. The molecule has 1 unspecified atom stereocenters. The summed E-state index contributed by atoms with van der Waals surface area (Å²) in [6.07, 6.45) is 0.517. The lowest BCUT2D eigenvalue weighted by molar-refractivity contribution is -0.121. The molecule has 1 aliphatic carbocycles. The molecule has 1 fully saturated rings. The summed E-state index contributed by atoms with van der Waals surface area (Å²) in [7, 11) is 0. The van der Waals surface area contributed by atoms with Gasteiger partial charge < -0.3 is 0 Å². The van der Waals surface area contributed by atoms with Crippen LogP contribution in [0.25, 0.3) is 0 Å². The highest BCUT2D eigenvalue weighted by molar-refractivity contribution is 6.09. The van der Waals surface area contributed by atoms with Crippen molar-refractivity contribution in [1.82, 2.24) is 0 Å². The molecule has 16 heavy (non-hydrogen) atoms. The van der Waals surface area contributed by atoms with E-state index < -0.39 is 0 Å². The first kappa shape index (κ1) is 12.6. The molecule has 0 N–H and O–H groups in total. The van der Waals surface area contributed by atoms with Gasteiger partial charge in [-0.05, 0) is 18.1 Å². The molecule has 0 aromatic heterocycles. The van der Waals surface area contributed by atoms with Gasteiger partial charge in [-0.3, -0.25) is 9.59 Å². The van der Waals surface area contributed by atoms with Crippen molar-refractivity contribution in [1.29, 1.82) is 0 Å². The lowest BCUT2D eigenvalue weighted by Gasteiger charge is -2.10. The quantitative estimate of drug-likeness (QED) is 0.679. The maximum atomic E-state index is 11.5. The fourth-order valence-electron chi connectivity index (χ4n) is 1.99. The van der Waals surface area contributed by atoms with Gasteiger partial charge in [-0.25, -0.2) is 0 Å². The van der Waals surface area contributed by atoms with E-state index in [1.165, 1.54) is 0 Å². The van der Waals surface area contributed by atoms with E-state index in [0.717, 1.165) is 11.1 Å². The molecule has 0 spiro atoms. The summed E-state index contributed by atoms with van der Waals surface area (Å²) in [5.74, 6) is -0.0312. The summed E-state index contributed by atoms with van der Waals surface area (Å²) in [5, 5.41) is 0. The van der Waals surface area contributed by atoms with E-state index in [0.29, 0.717) is 6.42 Å². The number of benzene rings is 1. The molecule has 0 saturated heterocycles. The highest BCUT2D eigenvalue weighted by Gasteiger charge is 2.32. The minimum Gasteiger partial charge on any atom is -0.299 e. The Balaban J connectivity index is 0.000000606. The molecule has 86 valence electrons. The lowest BCUT2D eigenvalue weighted by Crippen LogP contribution is -2.05.